The summed E-state index contributed by atoms with van der Waals surface area (Å²) in [5.74, 6) is 1.20. The number of para-hydroxylation sites is 1. The van der Waals surface area contributed by atoms with Gasteiger partial charge in [-0.1, -0.05) is 141 Å². The zero-order valence-electron chi connectivity index (χ0n) is 57.4. The number of thioether (sulfide) groups is 2. The fourth-order valence-electron chi connectivity index (χ4n) is 3.80. The second-order valence-electron chi connectivity index (χ2n) is 15.6. The summed E-state index contributed by atoms with van der Waals surface area (Å²) in [6.07, 6.45) is 14.1. The minimum absolute atomic E-state index is 0. The van der Waals surface area contributed by atoms with Crippen molar-refractivity contribution in [2.75, 3.05) is 77.6 Å². The first kappa shape index (κ1) is 142. The number of carbonyl (C=O) groups is 2. The quantitative estimate of drug-likeness (QED) is 0.0908. The number of hydrogen-bond acceptors (Lipinski definition) is 14. The number of ether oxygens (including phenoxy) is 2. The Labute approximate surface area is 712 Å². The summed E-state index contributed by atoms with van der Waals surface area (Å²) < 4.78 is 70.4. The summed E-state index contributed by atoms with van der Waals surface area (Å²) in [7, 11) is -2.20. The molecule has 6 rings (SSSR count). The molecule has 0 heterocycles. The Hall–Kier alpha value is 1.86. The first-order valence-electron chi connectivity index (χ1n) is 22.9. The van der Waals surface area contributed by atoms with Crippen LogP contribution in [0.5, 0.6) is 5.75 Å². The zero-order chi connectivity index (χ0) is 60.0. The Morgan fingerprint density at radius 1 is 0.494 bits per heavy atom. The number of methoxy groups -OCH3 is 2. The van der Waals surface area contributed by atoms with Crippen molar-refractivity contribution in [2.24, 2.45) is 0 Å². The SMILES string of the molecule is C.CC(=O)c1ccccc1.CC(C)=O.CC(C)O.CC(O)c1ccccc1.COC.COc1ccccc1.CS(=O)(=O)c1ccccc1.CS(=O)c1ccccc1.CS(C)(=O)=O.CS(C)=O.CSC.CSc1ccccc1.[CH3-].[CH3-].[CH3-].[CH3-].[CH3-].[CH3-].[Y].[Y].[Y].[Y].[Y].[Y]. The van der Waals surface area contributed by atoms with Crippen molar-refractivity contribution in [3.05, 3.63) is 238 Å². The van der Waals surface area contributed by atoms with Crippen molar-refractivity contribution in [3.8, 4) is 5.75 Å². The molecule has 2 unspecified atom stereocenters. The average molecular weight is 1810 g/mol. The summed E-state index contributed by atoms with van der Waals surface area (Å²) in [6.45, 7) is 9.82. The van der Waals surface area contributed by atoms with Crippen LogP contribution in [0.15, 0.2) is 197 Å². The van der Waals surface area contributed by atoms with Crippen molar-refractivity contribution in [1.29, 1.82) is 0 Å². The molecule has 24 heteroatoms. The van der Waals surface area contributed by atoms with Crippen LogP contribution >= 0.6 is 23.5 Å². The second-order valence-corrected chi connectivity index (χ2v) is 24.5. The Bertz CT molecular complexity index is 2380. The van der Waals surface area contributed by atoms with E-state index in [-0.39, 0.29) is 272 Å². The van der Waals surface area contributed by atoms with E-state index in [0.717, 1.165) is 34.3 Å². The van der Waals surface area contributed by atoms with Crippen LogP contribution in [0, 0.1) is 44.6 Å². The van der Waals surface area contributed by atoms with E-state index in [4.69, 9.17) is 14.9 Å². The fraction of sp³-hybridized carbons (Fsp3) is 0.323. The van der Waals surface area contributed by atoms with Crippen LogP contribution < -0.4 is 4.74 Å². The van der Waals surface area contributed by atoms with Gasteiger partial charge in [0.25, 0.3) is 0 Å². The summed E-state index contributed by atoms with van der Waals surface area (Å²) >= 11 is 3.52. The summed E-state index contributed by atoms with van der Waals surface area (Å²) in [5.41, 5.74) is 1.75. The molecule has 0 aliphatic rings. The van der Waals surface area contributed by atoms with Gasteiger partial charge in [0.05, 0.1) is 18.1 Å². The second kappa shape index (κ2) is 101. The van der Waals surface area contributed by atoms with Crippen molar-refractivity contribution < 1.29 is 251 Å². The molecule has 12 nitrogen and oxygen atoms in total. The van der Waals surface area contributed by atoms with Gasteiger partial charge in [-0.3, -0.25) is 13.2 Å². The predicted octanol–water partition coefficient (Wildman–Crippen LogP) is 15.4. The van der Waals surface area contributed by atoms with Crippen molar-refractivity contribution in [3.63, 3.8) is 0 Å². The third-order valence-electron chi connectivity index (χ3n) is 6.67. The molecule has 2 atom stereocenters. The molecule has 6 aromatic rings. The maximum absolute atomic E-state index is 10.8. The number of Topliss-reactive ketones (excluding diaryl/α,β-unsaturated/α-hetero) is 2. The zero-order valence-corrected chi connectivity index (χ0v) is 79.3. The van der Waals surface area contributed by atoms with Gasteiger partial charge in [0, 0.05) is 291 Å². The summed E-state index contributed by atoms with van der Waals surface area (Å²) in [4.78, 5) is 22.7. The number of aliphatic hydroxyl groups excluding tert-OH is 2. The van der Waals surface area contributed by atoms with Crippen LogP contribution in [0.2, 0.25) is 0 Å². The van der Waals surface area contributed by atoms with Gasteiger partial charge in [-0.2, -0.15) is 11.8 Å². The molecule has 0 spiro atoms. The molecule has 0 aliphatic carbocycles. The van der Waals surface area contributed by atoms with Crippen LogP contribution in [0.1, 0.15) is 71.0 Å². The Morgan fingerprint density at radius 3 is 0.865 bits per heavy atom. The van der Waals surface area contributed by atoms with E-state index in [1.807, 2.05) is 152 Å². The number of sulfone groups is 2. The monoisotopic (exact) mass is 1810 g/mol. The minimum atomic E-state index is -3.00. The number of aliphatic hydroxyl groups is 2. The Balaban J connectivity index is -0.0000000355. The van der Waals surface area contributed by atoms with Crippen molar-refractivity contribution in [1.82, 2.24) is 0 Å². The van der Waals surface area contributed by atoms with Crippen LogP contribution in [0.4, 0.5) is 0 Å². The van der Waals surface area contributed by atoms with Gasteiger partial charge in [-0.15, -0.1) is 11.8 Å². The molecule has 0 amide bonds. The van der Waals surface area contributed by atoms with Gasteiger partial charge in [-0.05, 0) is 114 Å². The first-order valence-corrected chi connectivity index (χ1v) is 33.4. The molecule has 0 aromatic heterocycles. The average Bonchev–Trinajstić information content (AvgIpc) is 3.36. The summed E-state index contributed by atoms with van der Waals surface area (Å²) in [6, 6.07) is 56.6. The van der Waals surface area contributed by atoms with Gasteiger partial charge < -0.3 is 69.0 Å². The predicted molar refractivity (Wildman–Crippen MR) is 375 cm³/mol. The molecule has 89 heavy (non-hydrogen) atoms. The number of rotatable bonds is 6. The van der Waals surface area contributed by atoms with Gasteiger partial charge in [0.2, 0.25) is 0 Å². The van der Waals surface area contributed by atoms with Crippen LogP contribution in [0.25, 0.3) is 0 Å². The number of carbonyl (C=O) groups excluding carboxylic acids is 2. The van der Waals surface area contributed by atoms with E-state index in [2.05, 4.69) is 23.1 Å². The molecule has 0 aliphatic heterocycles. The normalized spacial score (nSPS) is 8.56. The molecule has 6 radical (unpaired) electrons. The Morgan fingerprint density at radius 2 is 0.719 bits per heavy atom. The fourth-order valence-corrected chi connectivity index (χ4v) is 5.42. The maximum atomic E-state index is 10.8. The third-order valence-corrected chi connectivity index (χ3v) is 9.47. The van der Waals surface area contributed by atoms with E-state index in [1.165, 1.54) is 25.0 Å². The van der Waals surface area contributed by atoms with Gasteiger partial charge in [0.15, 0.2) is 15.6 Å². The van der Waals surface area contributed by atoms with E-state index >= 15 is 0 Å². The van der Waals surface area contributed by atoms with Crippen molar-refractivity contribution >= 4 is 76.4 Å². The number of benzene rings is 6. The molecule has 0 saturated carbocycles. The topological polar surface area (TPSA) is 195 Å². The minimum Gasteiger partial charge on any atom is -0.497 e. The smallest absolute Gasteiger partial charge is 0.175 e. The standard InChI is InChI=1S/C8H10O.C8H8O.C7H8O2S.C7H8OS.C7H8O.C7H8S.C3H8O.C3H6O.C2H6O2S.C2H6OS.C2H6O.C2H6S.CH4.6CH3.6Y/c2*1-7(9)8-5-3-2-4-6-8;1-10(8,9)7-5-3-2-4-6-7;1-9(8)7-5-3-2-4-6-7;2*1-8-7-5-3-2-4-6-7;2*1-3(2)4;1-5(2,3)4;1-4(2)3;2*1-3-2;;;;;;;;;;;;;/h2-7,9H,1H3;2-6H,1H3;2-6H,1H3;2-6H,1H3;2*2-6H,1H3;3-4H,1-2H3;1-2H3;1-2H3;1-2H3;2*1-2H3;1H4;6*1H3;;;;;;/q;;;;;;;;;;;;;6*-1;;;;;;. The summed E-state index contributed by atoms with van der Waals surface area (Å²) in [5, 5.41) is 17.1. The van der Waals surface area contributed by atoms with Gasteiger partial charge >= 0.3 is 0 Å². The van der Waals surface area contributed by atoms with E-state index in [9.17, 15) is 34.8 Å². The number of ketones is 2. The molecular weight excluding hydrogens is 1700 g/mol. The largest absolute Gasteiger partial charge is 0.497 e. The third kappa shape index (κ3) is 134. The van der Waals surface area contributed by atoms with Crippen LogP contribution in [-0.4, -0.2) is 131 Å². The van der Waals surface area contributed by atoms with E-state index in [0.29, 0.717) is 4.90 Å². The van der Waals surface area contributed by atoms with Gasteiger partial charge in [-0.25, -0.2) is 16.8 Å². The van der Waals surface area contributed by atoms with E-state index in [1.54, 1.807) is 122 Å². The Kier molecular flexibility index (Phi) is 161. The van der Waals surface area contributed by atoms with Crippen LogP contribution in [0.3, 0.4) is 0 Å². The molecule has 0 saturated heterocycles. The van der Waals surface area contributed by atoms with Gasteiger partial charge in [0.1, 0.15) is 21.4 Å². The molecular formula is C65H110O12S6Y6-6. The van der Waals surface area contributed by atoms with E-state index < -0.39 is 41.3 Å². The number of hydrogen-bond donors (Lipinski definition) is 2. The first-order chi connectivity index (χ1) is 35.4. The molecule has 502 valence electrons. The van der Waals surface area contributed by atoms with Crippen molar-refractivity contribution in [2.45, 2.75) is 75.9 Å². The molecule has 0 bridgehead atoms. The molecule has 0 fully saturated rings. The molecule has 6 aromatic carbocycles. The van der Waals surface area contributed by atoms with Crippen LogP contribution in [-0.2, 0) is 247 Å². The maximum Gasteiger partial charge on any atom is 0.175 e. The molecule has 2 N–H and O–H groups in total.